The Labute approximate surface area is 179 Å². The zero-order valence-corrected chi connectivity index (χ0v) is 17.5. The summed E-state index contributed by atoms with van der Waals surface area (Å²) in [7, 11) is 1.94. The van der Waals surface area contributed by atoms with Crippen molar-refractivity contribution in [3.63, 3.8) is 0 Å². The third kappa shape index (κ3) is 3.13. The Bertz CT molecular complexity index is 1400. The molecule has 0 aliphatic heterocycles. The molecular formula is C23H20N6S. The van der Waals surface area contributed by atoms with Gasteiger partial charge in [0.1, 0.15) is 5.65 Å². The molecule has 0 N–H and O–H groups in total. The average Bonchev–Trinajstić information content (AvgIpc) is 3.27. The number of nitrogens with zero attached hydrogens (tertiary/aromatic N) is 6. The molecular weight excluding hydrogens is 392 g/mol. The van der Waals surface area contributed by atoms with Gasteiger partial charge in [0, 0.05) is 36.8 Å². The van der Waals surface area contributed by atoms with Gasteiger partial charge in [-0.15, -0.1) is 0 Å². The van der Waals surface area contributed by atoms with Crippen LogP contribution in [0.2, 0.25) is 0 Å². The molecule has 0 bridgehead atoms. The zero-order valence-electron chi connectivity index (χ0n) is 16.7. The molecule has 5 rings (SSSR count). The monoisotopic (exact) mass is 412 g/mol. The maximum atomic E-state index is 5.71. The van der Waals surface area contributed by atoms with Gasteiger partial charge in [0.05, 0.1) is 17.9 Å². The largest absolute Gasteiger partial charge is 0.303 e. The Morgan fingerprint density at radius 1 is 0.933 bits per heavy atom. The van der Waals surface area contributed by atoms with Crippen molar-refractivity contribution in [1.29, 1.82) is 0 Å². The third-order valence-corrected chi connectivity index (χ3v) is 5.68. The first-order valence-corrected chi connectivity index (χ1v) is 10.1. The van der Waals surface area contributed by atoms with Crippen molar-refractivity contribution in [1.82, 2.24) is 28.7 Å². The maximum absolute atomic E-state index is 5.71. The summed E-state index contributed by atoms with van der Waals surface area (Å²) in [4.78, 5) is 9.01. The van der Waals surface area contributed by atoms with E-state index in [1.807, 2.05) is 52.7 Å². The minimum Gasteiger partial charge on any atom is -0.303 e. The summed E-state index contributed by atoms with van der Waals surface area (Å²) in [5, 5.41) is 4.83. The predicted molar refractivity (Wildman–Crippen MR) is 120 cm³/mol. The van der Waals surface area contributed by atoms with Gasteiger partial charge in [-0.25, -0.2) is 9.67 Å². The van der Waals surface area contributed by atoms with Crippen LogP contribution in [0.1, 0.15) is 11.3 Å². The van der Waals surface area contributed by atoms with E-state index < -0.39 is 0 Å². The fraction of sp³-hybridized carbons (Fsp3) is 0.130. The number of imidazole rings is 1. The first-order chi connectivity index (χ1) is 14.6. The van der Waals surface area contributed by atoms with E-state index in [-0.39, 0.29) is 0 Å². The van der Waals surface area contributed by atoms with Gasteiger partial charge >= 0.3 is 0 Å². The fourth-order valence-corrected chi connectivity index (χ4v) is 3.85. The molecule has 0 saturated heterocycles. The van der Waals surface area contributed by atoms with E-state index in [9.17, 15) is 0 Å². The lowest BCUT2D eigenvalue weighted by atomic mass is 10.1. The average molecular weight is 413 g/mol. The van der Waals surface area contributed by atoms with Crippen molar-refractivity contribution in [3.05, 3.63) is 89.2 Å². The molecule has 4 aromatic heterocycles. The fourth-order valence-electron chi connectivity index (χ4n) is 3.66. The number of fused-ring (bicyclic) bond motifs is 1. The number of hydrogen-bond donors (Lipinski definition) is 0. The molecule has 6 nitrogen and oxygen atoms in total. The second kappa shape index (κ2) is 7.35. The van der Waals surface area contributed by atoms with E-state index >= 15 is 0 Å². The molecule has 0 saturated carbocycles. The van der Waals surface area contributed by atoms with Gasteiger partial charge in [0.15, 0.2) is 10.6 Å². The molecule has 5 aromatic rings. The second-order valence-electron chi connectivity index (χ2n) is 7.27. The number of aryl methyl sites for hydroxylation is 1. The minimum absolute atomic E-state index is 0.520. The molecule has 0 atom stereocenters. The third-order valence-electron chi connectivity index (χ3n) is 5.19. The van der Waals surface area contributed by atoms with Crippen LogP contribution >= 0.6 is 12.2 Å². The van der Waals surface area contributed by atoms with Crippen LogP contribution in [0.5, 0.6) is 0 Å². The Morgan fingerprint density at radius 3 is 2.47 bits per heavy atom. The lowest BCUT2D eigenvalue weighted by molar-refractivity contribution is 0.652. The number of rotatable bonds is 4. The summed E-state index contributed by atoms with van der Waals surface area (Å²) in [6.07, 6.45) is 5.64. The standard InChI is InChI=1S/C23H20N6S/c1-16-8-9-20-25-21(17-6-4-3-5-7-17)19(28(20)14-16)15-29-23(30)27(2)22(26-29)18-10-12-24-13-11-18/h3-14H,15H2,1-2H3. The van der Waals surface area contributed by atoms with Gasteiger partial charge in [-0.2, -0.15) is 5.10 Å². The van der Waals surface area contributed by atoms with Crippen LogP contribution in [-0.4, -0.2) is 28.7 Å². The van der Waals surface area contributed by atoms with E-state index in [1.165, 1.54) is 5.56 Å². The highest BCUT2D eigenvalue weighted by molar-refractivity contribution is 7.71. The number of benzene rings is 1. The highest BCUT2D eigenvalue weighted by Gasteiger charge is 2.17. The number of aromatic nitrogens is 6. The normalized spacial score (nSPS) is 11.3. The lowest BCUT2D eigenvalue weighted by Gasteiger charge is -2.06. The molecule has 148 valence electrons. The van der Waals surface area contributed by atoms with Crippen LogP contribution in [0.25, 0.3) is 28.3 Å². The highest BCUT2D eigenvalue weighted by Crippen LogP contribution is 2.26. The van der Waals surface area contributed by atoms with Crippen molar-refractivity contribution in [2.75, 3.05) is 0 Å². The predicted octanol–water partition coefficient (Wildman–Crippen LogP) is 4.68. The van der Waals surface area contributed by atoms with Gasteiger partial charge in [-0.1, -0.05) is 36.4 Å². The molecule has 0 unspecified atom stereocenters. The molecule has 0 aliphatic carbocycles. The Kier molecular flexibility index (Phi) is 4.52. The molecule has 0 radical (unpaired) electrons. The van der Waals surface area contributed by atoms with Crippen molar-refractivity contribution < 1.29 is 0 Å². The van der Waals surface area contributed by atoms with Crippen molar-refractivity contribution >= 4 is 17.9 Å². The Morgan fingerprint density at radius 2 is 1.70 bits per heavy atom. The van der Waals surface area contributed by atoms with Crippen LogP contribution in [0.3, 0.4) is 0 Å². The van der Waals surface area contributed by atoms with Crippen molar-refractivity contribution in [2.24, 2.45) is 7.05 Å². The smallest absolute Gasteiger partial charge is 0.198 e. The van der Waals surface area contributed by atoms with Gasteiger partial charge < -0.3 is 8.97 Å². The van der Waals surface area contributed by atoms with Crippen LogP contribution in [0.15, 0.2) is 73.2 Å². The number of pyridine rings is 2. The van der Waals surface area contributed by atoms with E-state index in [0.717, 1.165) is 34.0 Å². The summed E-state index contributed by atoms with van der Waals surface area (Å²) in [6.45, 7) is 2.60. The Balaban J connectivity index is 1.68. The van der Waals surface area contributed by atoms with Crippen molar-refractivity contribution in [3.8, 4) is 22.6 Å². The minimum atomic E-state index is 0.520. The summed E-state index contributed by atoms with van der Waals surface area (Å²) >= 11 is 5.71. The van der Waals surface area contributed by atoms with Crippen LogP contribution in [0, 0.1) is 11.7 Å². The van der Waals surface area contributed by atoms with Crippen LogP contribution < -0.4 is 0 Å². The SMILES string of the molecule is Cc1ccc2nc(-c3ccccc3)c(Cn3nc(-c4ccncc4)n(C)c3=S)n2c1. The van der Waals surface area contributed by atoms with Crippen LogP contribution in [-0.2, 0) is 13.6 Å². The Hall–Kier alpha value is -3.58. The topological polar surface area (TPSA) is 52.9 Å². The van der Waals surface area contributed by atoms with E-state index in [1.54, 1.807) is 12.4 Å². The first-order valence-electron chi connectivity index (χ1n) is 9.69. The second-order valence-corrected chi connectivity index (χ2v) is 7.63. The molecule has 0 aliphatic rings. The number of hydrogen-bond acceptors (Lipinski definition) is 4. The maximum Gasteiger partial charge on any atom is 0.198 e. The highest BCUT2D eigenvalue weighted by atomic mass is 32.1. The van der Waals surface area contributed by atoms with E-state index in [4.69, 9.17) is 22.3 Å². The zero-order chi connectivity index (χ0) is 20.7. The summed E-state index contributed by atoms with van der Waals surface area (Å²) in [5.41, 5.74) is 6.13. The lowest BCUT2D eigenvalue weighted by Crippen LogP contribution is -2.07. The molecule has 7 heteroatoms. The summed E-state index contributed by atoms with van der Waals surface area (Å²) in [5.74, 6) is 0.814. The van der Waals surface area contributed by atoms with E-state index in [0.29, 0.717) is 11.3 Å². The summed E-state index contributed by atoms with van der Waals surface area (Å²) in [6, 6.07) is 18.2. The first kappa shape index (κ1) is 18.4. The van der Waals surface area contributed by atoms with Gasteiger partial charge in [-0.05, 0) is 42.9 Å². The molecule has 1 aromatic carbocycles. The van der Waals surface area contributed by atoms with Crippen LogP contribution in [0.4, 0.5) is 0 Å². The van der Waals surface area contributed by atoms with E-state index in [2.05, 4.69) is 40.7 Å². The quantitative estimate of drug-likeness (QED) is 0.402. The molecule has 0 spiro atoms. The molecule has 0 amide bonds. The molecule has 30 heavy (non-hydrogen) atoms. The van der Waals surface area contributed by atoms with Gasteiger partial charge in [0.2, 0.25) is 0 Å². The molecule has 4 heterocycles. The molecule has 0 fully saturated rings. The van der Waals surface area contributed by atoms with Gasteiger partial charge in [-0.3, -0.25) is 4.98 Å². The van der Waals surface area contributed by atoms with Crippen molar-refractivity contribution in [2.45, 2.75) is 13.5 Å². The van der Waals surface area contributed by atoms with Gasteiger partial charge in [0.25, 0.3) is 0 Å². The summed E-state index contributed by atoms with van der Waals surface area (Å²) < 4.78 is 6.59.